The molecule has 0 aromatic heterocycles. The summed E-state index contributed by atoms with van der Waals surface area (Å²) in [4.78, 5) is 11.6. The summed E-state index contributed by atoms with van der Waals surface area (Å²) in [5.41, 5.74) is 0.831. The number of carbonyl (C=O) groups excluding carboxylic acids is 1. The molecule has 78 valence electrons. The van der Waals surface area contributed by atoms with Crippen molar-refractivity contribution in [2.24, 2.45) is 0 Å². The van der Waals surface area contributed by atoms with E-state index in [4.69, 9.17) is 21.6 Å². The highest BCUT2D eigenvalue weighted by molar-refractivity contribution is 14.1. The summed E-state index contributed by atoms with van der Waals surface area (Å²) < 4.78 is 5.64. The third-order valence-corrected chi connectivity index (χ3v) is 3.21. The van der Waals surface area contributed by atoms with Gasteiger partial charge < -0.3 is 4.74 Å². The number of hydrogen-bond donors (Lipinski definition) is 0. The number of rotatable bonds is 3. The van der Waals surface area contributed by atoms with Crippen molar-refractivity contribution >= 4 is 40.0 Å². The molecule has 1 aromatic carbocycles. The average Bonchev–Trinajstić information content (AvgIpc) is 2.27. The van der Waals surface area contributed by atoms with Crippen molar-refractivity contribution < 1.29 is 9.53 Å². The molecule has 0 heterocycles. The fourth-order valence-electron chi connectivity index (χ4n) is 1.14. The molecule has 1 aromatic rings. The number of halogens is 2. The number of ether oxygens (including phenoxy) is 1. The molecule has 0 radical (unpaired) electrons. The van der Waals surface area contributed by atoms with E-state index >= 15 is 0 Å². The normalized spacial score (nSPS) is 9.47. The highest BCUT2D eigenvalue weighted by Crippen LogP contribution is 2.27. The molecule has 1 rings (SSSR count). The van der Waals surface area contributed by atoms with Gasteiger partial charge in [-0.1, -0.05) is 0 Å². The van der Waals surface area contributed by atoms with Gasteiger partial charge in [0.2, 0.25) is 0 Å². The number of alkyl halides is 1. The van der Waals surface area contributed by atoms with Crippen LogP contribution in [0.15, 0.2) is 12.1 Å². The molecule has 0 N–H and O–H groups in total. The van der Waals surface area contributed by atoms with Crippen LogP contribution in [0.4, 0.5) is 0 Å². The number of nitriles is 1. The van der Waals surface area contributed by atoms with Crippen LogP contribution in [-0.4, -0.2) is 18.8 Å². The summed E-state index contributed by atoms with van der Waals surface area (Å²) in [7, 11) is 1.47. The third kappa shape index (κ3) is 2.41. The number of carbonyl (C=O) groups is 1. The second-order valence-electron chi connectivity index (χ2n) is 2.67. The topological polar surface area (TPSA) is 50.1 Å². The lowest BCUT2D eigenvalue weighted by Crippen LogP contribution is -2.07. The molecule has 0 unspecified atom stereocenters. The lowest BCUT2D eigenvalue weighted by Gasteiger charge is -2.09. The lowest BCUT2D eigenvalue weighted by molar-refractivity contribution is 0.101. The Kier molecular flexibility index (Phi) is 4.36. The van der Waals surface area contributed by atoms with E-state index in [0.29, 0.717) is 20.4 Å². The fraction of sp³-hybridized carbons (Fsp3) is 0.200. The number of ketones is 1. The van der Waals surface area contributed by atoms with Crippen molar-refractivity contribution in [2.45, 2.75) is 0 Å². The minimum Gasteiger partial charge on any atom is -0.496 e. The van der Waals surface area contributed by atoms with Crippen molar-refractivity contribution in [2.75, 3.05) is 13.0 Å². The first-order chi connectivity index (χ1) is 7.15. The Hall–Kier alpha value is -0.800. The van der Waals surface area contributed by atoms with Crippen molar-refractivity contribution in [3.63, 3.8) is 0 Å². The first-order valence-corrected chi connectivity index (χ1v) is 5.62. The van der Waals surface area contributed by atoms with E-state index in [1.54, 1.807) is 12.1 Å². The molecule has 0 atom stereocenters. The quantitative estimate of drug-likeness (QED) is 0.485. The second kappa shape index (κ2) is 5.33. The van der Waals surface area contributed by atoms with Crippen LogP contribution in [0.1, 0.15) is 15.9 Å². The van der Waals surface area contributed by atoms with Crippen LogP contribution in [0.3, 0.4) is 0 Å². The van der Waals surface area contributed by atoms with Gasteiger partial charge in [-0.15, -0.1) is 11.6 Å². The lowest BCUT2D eigenvalue weighted by atomic mass is 10.1. The maximum absolute atomic E-state index is 11.6. The molecule has 0 saturated heterocycles. The number of methoxy groups -OCH3 is 1. The highest BCUT2D eigenvalue weighted by atomic mass is 127. The van der Waals surface area contributed by atoms with Gasteiger partial charge in [-0.3, -0.25) is 4.79 Å². The maximum Gasteiger partial charge on any atom is 0.182 e. The van der Waals surface area contributed by atoms with E-state index in [1.165, 1.54) is 7.11 Å². The molecule has 0 fully saturated rings. The molecule has 0 saturated carbocycles. The van der Waals surface area contributed by atoms with Crippen molar-refractivity contribution in [1.82, 2.24) is 0 Å². The van der Waals surface area contributed by atoms with Crippen LogP contribution in [0, 0.1) is 14.9 Å². The zero-order chi connectivity index (χ0) is 11.4. The van der Waals surface area contributed by atoms with Gasteiger partial charge in [-0.25, -0.2) is 0 Å². The Morgan fingerprint density at radius 1 is 1.67 bits per heavy atom. The van der Waals surface area contributed by atoms with Crippen molar-refractivity contribution in [3.05, 3.63) is 26.8 Å². The van der Waals surface area contributed by atoms with E-state index in [9.17, 15) is 4.79 Å². The Morgan fingerprint density at radius 3 is 2.80 bits per heavy atom. The monoisotopic (exact) mass is 335 g/mol. The van der Waals surface area contributed by atoms with E-state index in [-0.39, 0.29) is 11.7 Å². The molecule has 0 aliphatic heterocycles. The first-order valence-electron chi connectivity index (χ1n) is 4.01. The second-order valence-corrected chi connectivity index (χ2v) is 4.02. The molecule has 0 spiro atoms. The van der Waals surface area contributed by atoms with E-state index in [2.05, 4.69) is 0 Å². The van der Waals surface area contributed by atoms with Crippen LogP contribution in [0.2, 0.25) is 0 Å². The minimum atomic E-state index is -0.241. The largest absolute Gasteiger partial charge is 0.496 e. The molecular weight excluding hydrogens is 328 g/mol. The van der Waals surface area contributed by atoms with Crippen LogP contribution in [-0.2, 0) is 0 Å². The summed E-state index contributed by atoms with van der Waals surface area (Å²) in [6, 6.07) is 5.22. The third-order valence-electron chi connectivity index (χ3n) is 1.84. The van der Waals surface area contributed by atoms with E-state index in [0.717, 1.165) is 0 Å². The summed E-state index contributed by atoms with van der Waals surface area (Å²) in [6.07, 6.45) is 0. The van der Waals surface area contributed by atoms with Crippen molar-refractivity contribution in [3.8, 4) is 11.8 Å². The number of nitrogens with zero attached hydrogens (tertiary/aromatic N) is 1. The first kappa shape index (κ1) is 12.3. The Labute approximate surface area is 106 Å². The van der Waals surface area contributed by atoms with Gasteiger partial charge in [-0.05, 0) is 34.7 Å². The van der Waals surface area contributed by atoms with Crippen LogP contribution < -0.4 is 4.74 Å². The van der Waals surface area contributed by atoms with Crippen molar-refractivity contribution in [1.29, 1.82) is 5.26 Å². The highest BCUT2D eigenvalue weighted by Gasteiger charge is 2.17. The van der Waals surface area contributed by atoms with Gasteiger partial charge in [0.15, 0.2) is 5.78 Å². The number of hydrogen-bond acceptors (Lipinski definition) is 3. The van der Waals surface area contributed by atoms with Crippen LogP contribution in [0.25, 0.3) is 0 Å². The van der Waals surface area contributed by atoms with Gasteiger partial charge in [0.05, 0.1) is 24.1 Å². The number of benzene rings is 1. The molecule has 15 heavy (non-hydrogen) atoms. The molecule has 0 aliphatic rings. The van der Waals surface area contributed by atoms with Gasteiger partial charge in [-0.2, -0.15) is 5.26 Å². The Morgan fingerprint density at radius 2 is 2.33 bits per heavy atom. The van der Waals surface area contributed by atoms with E-state index < -0.39 is 0 Å². The summed E-state index contributed by atoms with van der Waals surface area (Å²) in [5.74, 6) is 0.0837. The average molecular weight is 336 g/mol. The van der Waals surface area contributed by atoms with Crippen LogP contribution in [0.5, 0.6) is 5.75 Å². The fourth-order valence-corrected chi connectivity index (χ4v) is 2.14. The predicted molar refractivity (Wildman–Crippen MR) is 65.5 cm³/mol. The SMILES string of the molecule is COc1ccc(C#N)c(I)c1C(=O)CCl. The zero-order valence-electron chi connectivity index (χ0n) is 7.88. The number of Topliss-reactive ketones (excluding diaryl/α,β-unsaturated/α-hetero) is 1. The van der Waals surface area contributed by atoms with Gasteiger partial charge in [0.1, 0.15) is 11.8 Å². The van der Waals surface area contributed by atoms with Gasteiger partial charge in [0, 0.05) is 3.57 Å². The minimum absolute atomic E-state index is 0.124. The summed E-state index contributed by atoms with van der Waals surface area (Å²) in [5, 5.41) is 8.82. The maximum atomic E-state index is 11.6. The predicted octanol–water partition coefficient (Wildman–Crippen LogP) is 2.59. The molecule has 0 amide bonds. The van der Waals surface area contributed by atoms with Gasteiger partial charge >= 0.3 is 0 Å². The molecule has 5 heteroatoms. The molecule has 3 nitrogen and oxygen atoms in total. The Balaban J connectivity index is 3.44. The molecule has 0 bridgehead atoms. The van der Waals surface area contributed by atoms with Crippen LogP contribution >= 0.6 is 34.2 Å². The summed E-state index contributed by atoms with van der Waals surface area (Å²) >= 11 is 7.44. The summed E-state index contributed by atoms with van der Waals surface area (Å²) in [6.45, 7) is 0. The van der Waals surface area contributed by atoms with E-state index in [1.807, 2.05) is 28.7 Å². The molecular formula is C10H7ClINO2. The Bertz CT molecular complexity index is 440. The standard InChI is InChI=1S/C10H7ClINO2/c1-15-8-3-2-6(5-13)10(12)9(8)7(14)4-11/h2-3H,4H2,1H3. The zero-order valence-corrected chi connectivity index (χ0v) is 10.8. The smallest absolute Gasteiger partial charge is 0.182 e. The van der Waals surface area contributed by atoms with Gasteiger partial charge in [0.25, 0.3) is 0 Å². The molecule has 0 aliphatic carbocycles.